The van der Waals surface area contributed by atoms with Gasteiger partial charge in [0.2, 0.25) is 0 Å². The Bertz CT molecular complexity index is 488. The summed E-state index contributed by atoms with van der Waals surface area (Å²) in [7, 11) is 0. The van der Waals surface area contributed by atoms with Crippen LogP contribution in [0.25, 0.3) is 0 Å². The van der Waals surface area contributed by atoms with Crippen LogP contribution < -0.4 is 16.0 Å². The van der Waals surface area contributed by atoms with Crippen molar-refractivity contribution in [1.29, 1.82) is 0 Å². The molecule has 1 aromatic rings. The molecule has 0 fully saturated rings. The number of urea groups is 1. The third kappa shape index (κ3) is 3.98. The zero-order valence-corrected chi connectivity index (χ0v) is 12.9. The van der Waals surface area contributed by atoms with Gasteiger partial charge in [0.05, 0.1) is 5.69 Å². The van der Waals surface area contributed by atoms with Gasteiger partial charge < -0.3 is 5.73 Å². The number of guanidine groups is 1. The number of carbonyl (C=O) groups is 1. The number of hydrogen-bond acceptors (Lipinski definition) is 2. The van der Waals surface area contributed by atoms with Crippen molar-refractivity contribution in [2.24, 2.45) is 10.7 Å². The standard InChI is InChI=1S/C15H24N4O/c1-6-19(13-11(4)8-7-9-12(13)5)15(20)18-14(16)17-10(2)3/h7-10H,6H2,1-5H3,(H3,16,17,18,20). The molecule has 0 saturated heterocycles. The predicted molar refractivity (Wildman–Crippen MR) is 84.2 cm³/mol. The van der Waals surface area contributed by atoms with E-state index in [0.29, 0.717) is 6.54 Å². The van der Waals surface area contributed by atoms with Gasteiger partial charge >= 0.3 is 6.03 Å². The molecule has 0 aliphatic carbocycles. The molecule has 0 unspecified atom stereocenters. The number of para-hydroxylation sites is 1. The van der Waals surface area contributed by atoms with E-state index in [0.717, 1.165) is 16.8 Å². The number of hydrogen-bond donors (Lipinski definition) is 2. The largest absolute Gasteiger partial charge is 0.370 e. The van der Waals surface area contributed by atoms with Gasteiger partial charge in [0.15, 0.2) is 5.96 Å². The minimum absolute atomic E-state index is 0.0468. The van der Waals surface area contributed by atoms with Crippen molar-refractivity contribution in [2.45, 2.75) is 40.7 Å². The van der Waals surface area contributed by atoms with Crippen LogP contribution in [0.5, 0.6) is 0 Å². The first-order valence-corrected chi connectivity index (χ1v) is 6.84. The maximum atomic E-state index is 12.3. The van der Waals surface area contributed by atoms with E-state index in [1.807, 2.05) is 52.8 Å². The zero-order valence-electron chi connectivity index (χ0n) is 12.9. The summed E-state index contributed by atoms with van der Waals surface area (Å²) in [6.45, 7) is 10.3. The highest BCUT2D eigenvalue weighted by molar-refractivity contribution is 6.03. The Kier molecular flexibility index (Phi) is 5.55. The third-order valence-corrected chi connectivity index (χ3v) is 2.90. The smallest absolute Gasteiger partial charge is 0.328 e. The van der Waals surface area contributed by atoms with Crippen LogP contribution >= 0.6 is 0 Å². The Balaban J connectivity index is 2.99. The van der Waals surface area contributed by atoms with Crippen LogP contribution in [0.3, 0.4) is 0 Å². The second-order valence-corrected chi connectivity index (χ2v) is 5.02. The first kappa shape index (κ1) is 16.0. The molecule has 0 aliphatic heterocycles. The lowest BCUT2D eigenvalue weighted by molar-refractivity contribution is 0.250. The topological polar surface area (TPSA) is 70.7 Å². The van der Waals surface area contributed by atoms with Crippen LogP contribution in [0.15, 0.2) is 23.2 Å². The molecule has 0 radical (unpaired) electrons. The molecule has 0 aliphatic rings. The van der Waals surface area contributed by atoms with E-state index in [4.69, 9.17) is 5.73 Å². The molecule has 2 amide bonds. The summed E-state index contributed by atoms with van der Waals surface area (Å²) in [5, 5.41) is 2.63. The lowest BCUT2D eigenvalue weighted by Gasteiger charge is -2.25. The van der Waals surface area contributed by atoms with Crippen LogP contribution in [0.1, 0.15) is 31.9 Å². The molecule has 0 bridgehead atoms. The third-order valence-electron chi connectivity index (χ3n) is 2.90. The SMILES string of the molecule is CCN(C(=O)NC(N)=NC(C)C)c1c(C)cccc1C. The fourth-order valence-electron chi connectivity index (χ4n) is 2.12. The van der Waals surface area contributed by atoms with Crippen molar-refractivity contribution < 1.29 is 4.79 Å². The van der Waals surface area contributed by atoms with Gasteiger partial charge in [-0.05, 0) is 45.7 Å². The van der Waals surface area contributed by atoms with E-state index >= 15 is 0 Å². The van der Waals surface area contributed by atoms with Crippen LogP contribution in [0.4, 0.5) is 10.5 Å². The Morgan fingerprint density at radius 3 is 2.35 bits per heavy atom. The molecule has 0 atom stereocenters. The number of anilines is 1. The summed E-state index contributed by atoms with van der Waals surface area (Å²) < 4.78 is 0. The van der Waals surface area contributed by atoms with Crippen LogP contribution in [0.2, 0.25) is 0 Å². The lowest BCUT2D eigenvalue weighted by Crippen LogP contribution is -2.46. The van der Waals surface area contributed by atoms with Gasteiger partial charge in [-0.15, -0.1) is 0 Å². The fourth-order valence-corrected chi connectivity index (χ4v) is 2.12. The minimum Gasteiger partial charge on any atom is -0.370 e. The molecule has 0 spiro atoms. The Hall–Kier alpha value is -2.04. The van der Waals surface area contributed by atoms with E-state index in [9.17, 15) is 4.79 Å². The highest BCUT2D eigenvalue weighted by Gasteiger charge is 2.18. The van der Waals surface area contributed by atoms with E-state index in [1.54, 1.807) is 4.90 Å². The Morgan fingerprint density at radius 1 is 1.35 bits per heavy atom. The van der Waals surface area contributed by atoms with Crippen molar-refractivity contribution >= 4 is 17.7 Å². The van der Waals surface area contributed by atoms with Crippen molar-refractivity contribution in [2.75, 3.05) is 11.4 Å². The number of nitrogens with two attached hydrogens (primary N) is 1. The highest BCUT2D eigenvalue weighted by Crippen LogP contribution is 2.24. The number of amides is 2. The van der Waals surface area contributed by atoms with Gasteiger partial charge in [-0.2, -0.15) is 0 Å². The van der Waals surface area contributed by atoms with Gasteiger partial charge in [-0.25, -0.2) is 4.79 Å². The van der Waals surface area contributed by atoms with Crippen LogP contribution in [-0.4, -0.2) is 24.6 Å². The average molecular weight is 276 g/mol. The van der Waals surface area contributed by atoms with Crippen molar-refractivity contribution in [1.82, 2.24) is 5.32 Å². The number of aliphatic imine (C=N–C) groups is 1. The maximum absolute atomic E-state index is 12.3. The summed E-state index contributed by atoms with van der Waals surface area (Å²) in [6.07, 6.45) is 0. The number of aryl methyl sites for hydroxylation is 2. The molecule has 0 heterocycles. The number of nitrogens with one attached hydrogen (secondary N) is 1. The zero-order chi connectivity index (χ0) is 15.3. The lowest BCUT2D eigenvalue weighted by atomic mass is 10.1. The molecule has 1 rings (SSSR count). The molecule has 110 valence electrons. The molecule has 20 heavy (non-hydrogen) atoms. The molecule has 0 saturated carbocycles. The number of benzene rings is 1. The van der Waals surface area contributed by atoms with E-state index in [-0.39, 0.29) is 18.0 Å². The van der Waals surface area contributed by atoms with Crippen molar-refractivity contribution in [3.63, 3.8) is 0 Å². The monoisotopic (exact) mass is 276 g/mol. The highest BCUT2D eigenvalue weighted by atomic mass is 16.2. The van der Waals surface area contributed by atoms with Gasteiger partial charge in [-0.1, -0.05) is 18.2 Å². The first-order chi connectivity index (χ1) is 9.36. The van der Waals surface area contributed by atoms with Crippen molar-refractivity contribution in [3.05, 3.63) is 29.3 Å². The molecular formula is C15H24N4O. The van der Waals surface area contributed by atoms with E-state index < -0.39 is 0 Å². The molecule has 1 aromatic carbocycles. The van der Waals surface area contributed by atoms with Gasteiger partial charge in [-0.3, -0.25) is 15.2 Å². The normalized spacial score (nSPS) is 11.6. The Labute approximate surface area is 120 Å². The molecule has 3 N–H and O–H groups in total. The number of nitrogens with zero attached hydrogens (tertiary/aromatic N) is 2. The first-order valence-electron chi connectivity index (χ1n) is 6.84. The summed E-state index contributed by atoms with van der Waals surface area (Å²) in [4.78, 5) is 18.1. The van der Waals surface area contributed by atoms with Gasteiger partial charge in [0.25, 0.3) is 0 Å². The van der Waals surface area contributed by atoms with Crippen molar-refractivity contribution in [3.8, 4) is 0 Å². The predicted octanol–water partition coefficient (Wildman–Crippen LogP) is 2.56. The van der Waals surface area contributed by atoms with Crippen LogP contribution in [0, 0.1) is 13.8 Å². The summed E-state index contributed by atoms with van der Waals surface area (Å²) in [5.41, 5.74) is 8.75. The van der Waals surface area contributed by atoms with E-state index in [2.05, 4.69) is 10.3 Å². The van der Waals surface area contributed by atoms with Gasteiger partial charge in [0, 0.05) is 12.6 Å². The summed E-state index contributed by atoms with van der Waals surface area (Å²) in [6, 6.07) is 5.75. The van der Waals surface area contributed by atoms with E-state index in [1.165, 1.54) is 0 Å². The summed E-state index contributed by atoms with van der Waals surface area (Å²) >= 11 is 0. The average Bonchev–Trinajstić information content (AvgIpc) is 2.32. The second-order valence-electron chi connectivity index (χ2n) is 5.02. The summed E-state index contributed by atoms with van der Waals surface area (Å²) in [5.74, 6) is 0.148. The molecule has 0 aromatic heterocycles. The number of rotatable bonds is 3. The molecule has 5 heteroatoms. The second kappa shape index (κ2) is 6.93. The Morgan fingerprint density at radius 2 is 1.90 bits per heavy atom. The minimum atomic E-state index is -0.258. The van der Waals surface area contributed by atoms with Crippen LogP contribution in [-0.2, 0) is 0 Å². The quantitative estimate of drug-likeness (QED) is 0.658. The molecule has 5 nitrogen and oxygen atoms in total. The molecular weight excluding hydrogens is 252 g/mol. The maximum Gasteiger partial charge on any atom is 0.328 e. The van der Waals surface area contributed by atoms with Gasteiger partial charge in [0.1, 0.15) is 0 Å². The number of carbonyl (C=O) groups excluding carboxylic acids is 1. The fraction of sp³-hybridized carbons (Fsp3) is 0.467.